The van der Waals surface area contributed by atoms with Crippen molar-refractivity contribution in [2.45, 2.75) is 19.3 Å². The Labute approximate surface area is 135 Å². The van der Waals surface area contributed by atoms with Crippen LogP contribution in [0.4, 0.5) is 5.69 Å². The fraction of sp³-hybridized carbons (Fsp3) is 0.211. The minimum absolute atomic E-state index is 0.738. The van der Waals surface area contributed by atoms with Gasteiger partial charge in [0.05, 0.1) is 5.69 Å². The molecule has 114 valence electrons. The molecule has 0 bridgehead atoms. The van der Waals surface area contributed by atoms with Crippen molar-refractivity contribution in [1.29, 1.82) is 0 Å². The van der Waals surface area contributed by atoms with Crippen molar-refractivity contribution in [1.82, 2.24) is 15.0 Å². The molecule has 4 rings (SSSR count). The zero-order chi connectivity index (χ0) is 15.6. The first-order valence-corrected chi connectivity index (χ1v) is 7.92. The maximum Gasteiger partial charge on any atom is 0.161 e. The van der Waals surface area contributed by atoms with Gasteiger partial charge in [-0.05, 0) is 54.7 Å². The molecule has 1 aliphatic carbocycles. The molecule has 0 radical (unpaired) electrons. The minimum Gasteiger partial charge on any atom is -0.388 e. The lowest BCUT2D eigenvalue weighted by Crippen LogP contribution is -1.98. The molecule has 1 N–H and O–H groups in total. The first-order valence-electron chi connectivity index (χ1n) is 7.92. The number of hydrogen-bond acceptors (Lipinski definition) is 4. The van der Waals surface area contributed by atoms with Crippen LogP contribution >= 0.6 is 0 Å². The van der Waals surface area contributed by atoms with Crippen molar-refractivity contribution >= 4 is 5.69 Å². The summed E-state index contributed by atoms with van der Waals surface area (Å²) in [6.45, 7) is 0. The summed E-state index contributed by atoms with van der Waals surface area (Å²) in [6, 6.07) is 10.4. The normalized spacial score (nSPS) is 12.9. The van der Waals surface area contributed by atoms with Gasteiger partial charge in [-0.1, -0.05) is 6.07 Å². The van der Waals surface area contributed by atoms with Gasteiger partial charge in [0.2, 0.25) is 0 Å². The van der Waals surface area contributed by atoms with Crippen LogP contribution in [0.15, 0.2) is 48.9 Å². The fourth-order valence-electron chi connectivity index (χ4n) is 3.11. The molecule has 23 heavy (non-hydrogen) atoms. The van der Waals surface area contributed by atoms with E-state index in [-0.39, 0.29) is 0 Å². The first-order chi connectivity index (χ1) is 11.3. The summed E-state index contributed by atoms with van der Waals surface area (Å²) in [4.78, 5) is 13.6. The number of nitrogens with zero attached hydrogens (tertiary/aromatic N) is 3. The second-order valence-corrected chi connectivity index (χ2v) is 5.78. The number of rotatable bonds is 2. The molecule has 0 atom stereocenters. The van der Waals surface area contributed by atoms with Gasteiger partial charge in [0.25, 0.3) is 0 Å². The van der Waals surface area contributed by atoms with Crippen LogP contribution in [0.25, 0.3) is 22.6 Å². The molecule has 3 aromatic rings. The standard InChI is InChI=1S/C19H18N4/c1-20-16-7-8-17-13(10-16)4-2-5-14-12-22-19(23-18(14)17)15-6-3-9-21-11-15/h3,6-12,20H,2,4-5H2,1H3. The number of pyridine rings is 1. The third kappa shape index (κ3) is 2.57. The highest BCUT2D eigenvalue weighted by atomic mass is 14.9. The zero-order valence-electron chi connectivity index (χ0n) is 13.1. The molecule has 0 spiro atoms. The van der Waals surface area contributed by atoms with Gasteiger partial charge in [-0.25, -0.2) is 9.97 Å². The van der Waals surface area contributed by atoms with E-state index in [4.69, 9.17) is 4.98 Å². The van der Waals surface area contributed by atoms with E-state index in [1.54, 1.807) is 6.20 Å². The van der Waals surface area contributed by atoms with E-state index in [0.717, 1.165) is 42.0 Å². The summed E-state index contributed by atoms with van der Waals surface area (Å²) in [7, 11) is 1.95. The molecule has 4 heteroatoms. The van der Waals surface area contributed by atoms with E-state index >= 15 is 0 Å². The molecular weight excluding hydrogens is 284 g/mol. The summed E-state index contributed by atoms with van der Waals surface area (Å²) in [5, 5.41) is 3.22. The van der Waals surface area contributed by atoms with E-state index in [2.05, 4.69) is 33.5 Å². The quantitative estimate of drug-likeness (QED) is 0.783. The van der Waals surface area contributed by atoms with Crippen molar-refractivity contribution < 1.29 is 0 Å². The van der Waals surface area contributed by atoms with Gasteiger partial charge < -0.3 is 5.32 Å². The van der Waals surface area contributed by atoms with Crippen LogP contribution in [0.5, 0.6) is 0 Å². The zero-order valence-corrected chi connectivity index (χ0v) is 13.1. The lowest BCUT2D eigenvalue weighted by atomic mass is 10.0. The summed E-state index contributed by atoms with van der Waals surface area (Å²) < 4.78 is 0. The summed E-state index contributed by atoms with van der Waals surface area (Å²) >= 11 is 0. The Kier molecular flexibility index (Phi) is 3.50. The molecule has 0 saturated heterocycles. The summed E-state index contributed by atoms with van der Waals surface area (Å²) in [6.07, 6.45) is 8.77. The molecule has 4 nitrogen and oxygen atoms in total. The molecule has 2 heterocycles. The Morgan fingerprint density at radius 3 is 2.78 bits per heavy atom. The Hall–Kier alpha value is -2.75. The van der Waals surface area contributed by atoms with Crippen LogP contribution in [0.2, 0.25) is 0 Å². The SMILES string of the molecule is CNc1ccc2c(c1)CCCc1cnc(-c3cccnc3)nc1-2. The van der Waals surface area contributed by atoms with Gasteiger partial charge in [0.1, 0.15) is 0 Å². The Morgan fingerprint density at radius 2 is 1.96 bits per heavy atom. The maximum atomic E-state index is 4.87. The van der Waals surface area contributed by atoms with E-state index in [1.807, 2.05) is 31.6 Å². The molecule has 2 aromatic heterocycles. The number of anilines is 1. The van der Waals surface area contributed by atoms with Crippen molar-refractivity contribution in [3.63, 3.8) is 0 Å². The molecular formula is C19H18N4. The number of hydrogen-bond donors (Lipinski definition) is 1. The van der Waals surface area contributed by atoms with E-state index in [9.17, 15) is 0 Å². The third-order valence-corrected chi connectivity index (χ3v) is 4.33. The third-order valence-electron chi connectivity index (χ3n) is 4.33. The van der Waals surface area contributed by atoms with Gasteiger partial charge in [-0.3, -0.25) is 4.98 Å². The molecule has 1 aliphatic rings. The number of fused-ring (bicyclic) bond motifs is 3. The molecule has 0 amide bonds. The topological polar surface area (TPSA) is 50.7 Å². The van der Waals surface area contributed by atoms with Crippen LogP contribution in [0.3, 0.4) is 0 Å². The van der Waals surface area contributed by atoms with E-state index in [1.165, 1.54) is 16.7 Å². The second kappa shape index (κ2) is 5.80. The number of aromatic nitrogens is 3. The monoisotopic (exact) mass is 302 g/mol. The van der Waals surface area contributed by atoms with Crippen LogP contribution in [-0.4, -0.2) is 22.0 Å². The summed E-state index contributed by atoms with van der Waals surface area (Å²) in [5.41, 5.74) is 6.97. The van der Waals surface area contributed by atoms with Gasteiger partial charge in [0, 0.05) is 42.5 Å². The molecule has 1 aromatic carbocycles. The Bertz CT molecular complexity index is 843. The number of aryl methyl sites for hydroxylation is 2. The van der Waals surface area contributed by atoms with Crippen LogP contribution < -0.4 is 5.32 Å². The van der Waals surface area contributed by atoms with Crippen LogP contribution in [-0.2, 0) is 12.8 Å². The lowest BCUT2D eigenvalue weighted by Gasteiger charge is -2.11. The fourth-order valence-corrected chi connectivity index (χ4v) is 3.11. The average Bonchev–Trinajstić information content (AvgIpc) is 2.80. The summed E-state index contributed by atoms with van der Waals surface area (Å²) in [5.74, 6) is 0.738. The Balaban J connectivity index is 1.87. The highest BCUT2D eigenvalue weighted by molar-refractivity contribution is 5.72. The van der Waals surface area contributed by atoms with Gasteiger partial charge in [-0.2, -0.15) is 0 Å². The minimum atomic E-state index is 0.738. The van der Waals surface area contributed by atoms with Gasteiger partial charge in [0.15, 0.2) is 5.82 Å². The van der Waals surface area contributed by atoms with Crippen molar-refractivity contribution in [2.24, 2.45) is 0 Å². The number of nitrogens with one attached hydrogen (secondary N) is 1. The molecule has 0 saturated carbocycles. The highest BCUT2D eigenvalue weighted by Crippen LogP contribution is 2.33. The van der Waals surface area contributed by atoms with Crippen LogP contribution in [0, 0.1) is 0 Å². The Morgan fingerprint density at radius 1 is 1.04 bits per heavy atom. The first kappa shape index (κ1) is 13.9. The van der Waals surface area contributed by atoms with E-state index in [0.29, 0.717) is 0 Å². The van der Waals surface area contributed by atoms with Crippen LogP contribution in [0.1, 0.15) is 17.5 Å². The van der Waals surface area contributed by atoms with Gasteiger partial charge >= 0.3 is 0 Å². The predicted molar refractivity (Wildman–Crippen MR) is 92.3 cm³/mol. The predicted octanol–water partition coefficient (Wildman–Crippen LogP) is 3.74. The average molecular weight is 302 g/mol. The second-order valence-electron chi connectivity index (χ2n) is 5.78. The molecule has 0 aliphatic heterocycles. The van der Waals surface area contributed by atoms with E-state index < -0.39 is 0 Å². The molecule has 0 fully saturated rings. The lowest BCUT2D eigenvalue weighted by molar-refractivity contribution is 0.829. The smallest absolute Gasteiger partial charge is 0.161 e. The van der Waals surface area contributed by atoms with Crippen molar-refractivity contribution in [3.8, 4) is 22.6 Å². The van der Waals surface area contributed by atoms with Crippen molar-refractivity contribution in [2.75, 3.05) is 12.4 Å². The number of benzene rings is 1. The van der Waals surface area contributed by atoms with Gasteiger partial charge in [-0.15, -0.1) is 0 Å². The molecule has 0 unspecified atom stereocenters. The largest absolute Gasteiger partial charge is 0.388 e. The maximum absolute atomic E-state index is 4.87. The van der Waals surface area contributed by atoms with Crippen molar-refractivity contribution in [3.05, 3.63) is 60.0 Å². The highest BCUT2D eigenvalue weighted by Gasteiger charge is 2.17.